The van der Waals surface area contributed by atoms with Crippen LogP contribution in [0.1, 0.15) is 68.3 Å². The third kappa shape index (κ3) is 6.74. The van der Waals surface area contributed by atoms with Crippen LogP contribution in [-0.4, -0.2) is 18.2 Å². The topological polar surface area (TPSA) is 71.1 Å². The minimum Gasteiger partial charge on any atom is -0.429 e. The van der Waals surface area contributed by atoms with Gasteiger partial charge in [-0.15, -0.1) is 0 Å². The SMILES string of the molecule is CCCCc1ccc(C(=O)OOOC(=O)OC2CCC(C)CC2)cc1. The molecule has 0 N–H and O–H groups in total. The second-order valence-electron chi connectivity index (χ2n) is 6.57. The summed E-state index contributed by atoms with van der Waals surface area (Å²) in [5, 5.41) is 4.25. The summed E-state index contributed by atoms with van der Waals surface area (Å²) in [6.45, 7) is 4.30. The van der Waals surface area contributed by atoms with Gasteiger partial charge >= 0.3 is 12.1 Å². The summed E-state index contributed by atoms with van der Waals surface area (Å²) in [5.41, 5.74) is 1.47. The molecule has 0 amide bonds. The molecule has 25 heavy (non-hydrogen) atoms. The van der Waals surface area contributed by atoms with Gasteiger partial charge in [0, 0.05) is 0 Å². The van der Waals surface area contributed by atoms with Gasteiger partial charge in [0.15, 0.2) is 0 Å². The molecule has 1 fully saturated rings. The number of benzene rings is 1. The van der Waals surface area contributed by atoms with Gasteiger partial charge in [-0.2, -0.15) is 0 Å². The predicted molar refractivity (Wildman–Crippen MR) is 90.5 cm³/mol. The van der Waals surface area contributed by atoms with Crippen LogP contribution in [0.4, 0.5) is 4.79 Å². The Hall–Kier alpha value is -2.08. The minimum absolute atomic E-state index is 0.168. The zero-order valence-corrected chi connectivity index (χ0v) is 14.9. The fourth-order valence-electron chi connectivity index (χ4n) is 2.82. The molecular formula is C19H26O6. The highest BCUT2D eigenvalue weighted by molar-refractivity contribution is 5.88. The molecule has 138 valence electrons. The van der Waals surface area contributed by atoms with E-state index in [4.69, 9.17) is 4.74 Å². The van der Waals surface area contributed by atoms with Gasteiger partial charge in [0.25, 0.3) is 0 Å². The zero-order valence-electron chi connectivity index (χ0n) is 14.9. The summed E-state index contributed by atoms with van der Waals surface area (Å²) in [6, 6.07) is 7.04. The molecule has 0 aliphatic heterocycles. The van der Waals surface area contributed by atoms with Crippen molar-refractivity contribution in [3.63, 3.8) is 0 Å². The van der Waals surface area contributed by atoms with Gasteiger partial charge in [0.05, 0.1) is 10.6 Å². The van der Waals surface area contributed by atoms with Crippen LogP contribution in [0.3, 0.4) is 0 Å². The first kappa shape index (κ1) is 19.2. The van der Waals surface area contributed by atoms with E-state index in [2.05, 4.69) is 28.7 Å². The number of unbranched alkanes of at least 4 members (excludes halogenated alkanes) is 1. The summed E-state index contributed by atoms with van der Waals surface area (Å²) in [6.07, 6.45) is 5.66. The van der Waals surface area contributed by atoms with Gasteiger partial charge in [0.2, 0.25) is 0 Å². The molecule has 1 aliphatic rings. The Morgan fingerprint density at radius 1 is 1.04 bits per heavy atom. The Kier molecular flexibility index (Phi) is 7.73. The lowest BCUT2D eigenvalue weighted by Crippen LogP contribution is -2.24. The molecule has 0 atom stereocenters. The number of rotatable bonds is 7. The van der Waals surface area contributed by atoms with E-state index in [1.54, 1.807) is 12.1 Å². The molecule has 0 heterocycles. The van der Waals surface area contributed by atoms with E-state index in [0.29, 0.717) is 11.5 Å². The van der Waals surface area contributed by atoms with Gasteiger partial charge < -0.3 is 4.74 Å². The lowest BCUT2D eigenvalue weighted by molar-refractivity contribution is -0.453. The average Bonchev–Trinajstić information content (AvgIpc) is 2.62. The molecule has 0 aromatic heterocycles. The highest BCUT2D eigenvalue weighted by atomic mass is 17.5. The van der Waals surface area contributed by atoms with Crippen molar-refractivity contribution in [1.29, 1.82) is 0 Å². The summed E-state index contributed by atoms with van der Waals surface area (Å²) in [7, 11) is 0. The highest BCUT2D eigenvalue weighted by Gasteiger charge is 2.23. The minimum atomic E-state index is -0.998. The fraction of sp³-hybridized carbons (Fsp3) is 0.579. The molecule has 6 nitrogen and oxygen atoms in total. The van der Waals surface area contributed by atoms with Crippen LogP contribution < -0.4 is 0 Å². The first-order valence-electron chi connectivity index (χ1n) is 8.93. The highest BCUT2D eigenvalue weighted by Crippen LogP contribution is 2.25. The molecule has 0 spiro atoms. The fourth-order valence-corrected chi connectivity index (χ4v) is 2.82. The van der Waals surface area contributed by atoms with E-state index < -0.39 is 12.1 Å². The third-order valence-electron chi connectivity index (χ3n) is 4.45. The van der Waals surface area contributed by atoms with Gasteiger partial charge in [0.1, 0.15) is 6.10 Å². The summed E-state index contributed by atoms with van der Waals surface area (Å²) in [5.74, 6) is -0.0808. The normalized spacial score (nSPS) is 19.9. The zero-order chi connectivity index (χ0) is 18.1. The van der Waals surface area contributed by atoms with Crippen molar-refractivity contribution in [3.8, 4) is 0 Å². The second kappa shape index (κ2) is 10.0. The number of hydrogen-bond donors (Lipinski definition) is 0. The largest absolute Gasteiger partial charge is 0.543 e. The van der Waals surface area contributed by atoms with Crippen LogP contribution in [0.25, 0.3) is 0 Å². The van der Waals surface area contributed by atoms with E-state index in [0.717, 1.165) is 50.5 Å². The van der Waals surface area contributed by atoms with E-state index in [9.17, 15) is 9.59 Å². The van der Waals surface area contributed by atoms with Gasteiger partial charge in [-0.3, -0.25) is 4.89 Å². The predicted octanol–water partition coefficient (Wildman–Crippen LogP) is 4.76. The lowest BCUT2D eigenvalue weighted by Gasteiger charge is -2.24. The van der Waals surface area contributed by atoms with Gasteiger partial charge in [-0.05, 0) is 62.1 Å². The number of hydrogen-bond acceptors (Lipinski definition) is 6. The Morgan fingerprint density at radius 2 is 1.72 bits per heavy atom. The maximum atomic E-state index is 11.8. The first-order valence-corrected chi connectivity index (χ1v) is 8.93. The Bertz CT molecular complexity index is 546. The molecule has 1 aromatic carbocycles. The van der Waals surface area contributed by atoms with E-state index >= 15 is 0 Å². The van der Waals surface area contributed by atoms with Gasteiger partial charge in [-0.1, -0.05) is 32.4 Å². The van der Waals surface area contributed by atoms with E-state index in [1.165, 1.54) is 0 Å². The van der Waals surface area contributed by atoms with Crippen molar-refractivity contribution in [2.24, 2.45) is 5.92 Å². The molecule has 2 rings (SSSR count). The molecule has 0 saturated heterocycles. The van der Waals surface area contributed by atoms with Crippen molar-refractivity contribution < 1.29 is 29.1 Å². The molecule has 1 aliphatic carbocycles. The van der Waals surface area contributed by atoms with Crippen molar-refractivity contribution >= 4 is 12.1 Å². The molecule has 1 saturated carbocycles. The Labute approximate surface area is 148 Å². The molecule has 1 aromatic rings. The van der Waals surface area contributed by atoms with Crippen molar-refractivity contribution in [2.45, 2.75) is 64.9 Å². The molecule has 0 unspecified atom stereocenters. The van der Waals surface area contributed by atoms with Crippen LogP contribution in [-0.2, 0) is 26.0 Å². The average molecular weight is 350 g/mol. The number of ether oxygens (including phenoxy) is 1. The molecule has 0 bridgehead atoms. The van der Waals surface area contributed by atoms with Crippen molar-refractivity contribution in [3.05, 3.63) is 35.4 Å². The summed E-state index contributed by atoms with van der Waals surface area (Å²) < 4.78 is 5.10. The molecular weight excluding hydrogens is 324 g/mol. The van der Waals surface area contributed by atoms with Crippen LogP contribution in [0.2, 0.25) is 0 Å². The first-order chi connectivity index (χ1) is 12.1. The maximum absolute atomic E-state index is 11.8. The smallest absolute Gasteiger partial charge is 0.429 e. The van der Waals surface area contributed by atoms with Crippen LogP contribution in [0, 0.1) is 5.92 Å². The number of carbonyl (C=O) groups is 2. The van der Waals surface area contributed by atoms with Gasteiger partial charge in [-0.25, -0.2) is 14.5 Å². The monoisotopic (exact) mass is 350 g/mol. The second-order valence-corrected chi connectivity index (χ2v) is 6.57. The van der Waals surface area contributed by atoms with E-state index in [1.807, 2.05) is 12.1 Å². The Morgan fingerprint density at radius 3 is 2.36 bits per heavy atom. The standard InChI is InChI=1S/C19H26O6/c1-3-4-5-15-8-10-16(11-9-15)18(20)23-25-24-19(21)22-17-12-6-14(2)7-13-17/h8-11,14,17H,3-7,12-13H2,1-2H3. The summed E-state index contributed by atoms with van der Waals surface area (Å²) in [4.78, 5) is 32.1. The number of carbonyl (C=O) groups excluding carboxylic acids is 2. The lowest BCUT2D eigenvalue weighted by atomic mass is 9.89. The van der Waals surface area contributed by atoms with Crippen LogP contribution in [0.5, 0.6) is 0 Å². The molecule has 6 heteroatoms. The summed E-state index contributed by atoms with van der Waals surface area (Å²) >= 11 is 0. The van der Waals surface area contributed by atoms with Crippen LogP contribution in [0.15, 0.2) is 24.3 Å². The van der Waals surface area contributed by atoms with Crippen molar-refractivity contribution in [2.75, 3.05) is 0 Å². The third-order valence-corrected chi connectivity index (χ3v) is 4.45. The Balaban J connectivity index is 1.66. The van der Waals surface area contributed by atoms with Crippen molar-refractivity contribution in [1.82, 2.24) is 0 Å². The van der Waals surface area contributed by atoms with Crippen LogP contribution >= 0.6 is 0 Å². The quantitative estimate of drug-likeness (QED) is 0.401. The maximum Gasteiger partial charge on any atom is 0.543 e. The number of aryl methyl sites for hydroxylation is 1. The molecule has 0 radical (unpaired) electrons. The van der Waals surface area contributed by atoms with E-state index in [-0.39, 0.29) is 6.10 Å².